The Kier molecular flexibility index (Phi) is 3.32. The van der Waals surface area contributed by atoms with Crippen molar-refractivity contribution < 1.29 is 9.84 Å². The summed E-state index contributed by atoms with van der Waals surface area (Å²) >= 11 is 3.40. The van der Waals surface area contributed by atoms with Crippen molar-refractivity contribution in [3.8, 4) is 5.75 Å². The molecule has 3 heteroatoms. The van der Waals surface area contributed by atoms with E-state index in [0.717, 1.165) is 28.6 Å². The fourth-order valence-corrected chi connectivity index (χ4v) is 2.37. The van der Waals surface area contributed by atoms with E-state index in [1.165, 1.54) is 0 Å². The highest BCUT2D eigenvalue weighted by molar-refractivity contribution is 9.10. The van der Waals surface area contributed by atoms with E-state index in [9.17, 15) is 5.11 Å². The second kappa shape index (κ2) is 4.54. The molecule has 0 saturated heterocycles. The topological polar surface area (TPSA) is 29.5 Å². The zero-order chi connectivity index (χ0) is 10.8. The molecule has 1 aromatic rings. The van der Waals surface area contributed by atoms with Gasteiger partial charge in [-0.25, -0.2) is 0 Å². The minimum atomic E-state index is -0.386. The Bertz CT molecular complexity index is 351. The zero-order valence-electron chi connectivity index (χ0n) is 8.74. The van der Waals surface area contributed by atoms with Crippen LogP contribution in [0.1, 0.15) is 37.9 Å². The third kappa shape index (κ3) is 2.34. The molecule has 0 aromatic heterocycles. The molecular formula is C12H15BrO2. The number of aliphatic hydroxyl groups excluding tert-OH is 1. The second-order valence-corrected chi connectivity index (χ2v) is 4.88. The SMILES string of the molecule is CCCC1C[C@@H](O)c2cc(Br)ccc2O1. The summed E-state index contributed by atoms with van der Waals surface area (Å²) in [6.07, 6.45) is 2.58. The predicted molar refractivity (Wildman–Crippen MR) is 63.0 cm³/mol. The van der Waals surface area contributed by atoms with Crippen molar-refractivity contribution in [2.45, 2.75) is 38.4 Å². The van der Waals surface area contributed by atoms with Crippen LogP contribution < -0.4 is 4.74 Å². The van der Waals surface area contributed by atoms with Crippen molar-refractivity contribution in [2.75, 3.05) is 0 Å². The lowest BCUT2D eigenvalue weighted by Gasteiger charge is -2.29. The number of fused-ring (bicyclic) bond motifs is 1. The monoisotopic (exact) mass is 270 g/mol. The van der Waals surface area contributed by atoms with Gasteiger partial charge in [0, 0.05) is 16.5 Å². The molecule has 82 valence electrons. The van der Waals surface area contributed by atoms with Crippen LogP contribution in [0.2, 0.25) is 0 Å². The smallest absolute Gasteiger partial charge is 0.125 e. The molecule has 0 fully saturated rings. The maximum Gasteiger partial charge on any atom is 0.125 e. The molecule has 2 rings (SSSR count). The van der Waals surface area contributed by atoms with Gasteiger partial charge < -0.3 is 9.84 Å². The molecule has 0 bridgehead atoms. The van der Waals surface area contributed by atoms with E-state index < -0.39 is 0 Å². The van der Waals surface area contributed by atoms with Crippen LogP contribution in [-0.2, 0) is 0 Å². The van der Waals surface area contributed by atoms with Gasteiger partial charge in [0.15, 0.2) is 0 Å². The van der Waals surface area contributed by atoms with Gasteiger partial charge in [-0.2, -0.15) is 0 Å². The second-order valence-electron chi connectivity index (χ2n) is 3.96. The van der Waals surface area contributed by atoms with E-state index in [4.69, 9.17) is 4.74 Å². The van der Waals surface area contributed by atoms with Crippen molar-refractivity contribution in [3.63, 3.8) is 0 Å². The lowest BCUT2D eigenvalue weighted by molar-refractivity contribution is 0.0614. The first-order chi connectivity index (χ1) is 7.20. The quantitative estimate of drug-likeness (QED) is 0.892. The van der Waals surface area contributed by atoms with Crippen molar-refractivity contribution in [1.29, 1.82) is 0 Å². The highest BCUT2D eigenvalue weighted by Crippen LogP contribution is 2.37. The molecule has 0 saturated carbocycles. The van der Waals surface area contributed by atoms with Crippen LogP contribution in [-0.4, -0.2) is 11.2 Å². The van der Waals surface area contributed by atoms with Crippen LogP contribution in [0, 0.1) is 0 Å². The number of hydrogen-bond acceptors (Lipinski definition) is 2. The van der Waals surface area contributed by atoms with Crippen molar-refractivity contribution in [2.24, 2.45) is 0 Å². The van der Waals surface area contributed by atoms with Gasteiger partial charge in [0.2, 0.25) is 0 Å². The number of aliphatic hydroxyl groups is 1. The van der Waals surface area contributed by atoms with E-state index in [2.05, 4.69) is 22.9 Å². The van der Waals surface area contributed by atoms with Gasteiger partial charge in [0.25, 0.3) is 0 Å². The maximum atomic E-state index is 9.98. The third-order valence-corrected chi connectivity index (χ3v) is 3.21. The third-order valence-electron chi connectivity index (χ3n) is 2.72. The van der Waals surface area contributed by atoms with Crippen LogP contribution >= 0.6 is 15.9 Å². The summed E-state index contributed by atoms with van der Waals surface area (Å²) in [5, 5.41) is 9.98. The first-order valence-electron chi connectivity index (χ1n) is 5.35. The Labute approximate surface area is 98.4 Å². The Morgan fingerprint density at radius 2 is 2.33 bits per heavy atom. The van der Waals surface area contributed by atoms with Crippen LogP contribution in [0.15, 0.2) is 22.7 Å². The Morgan fingerprint density at radius 3 is 3.07 bits per heavy atom. The predicted octanol–water partition coefficient (Wildman–Crippen LogP) is 3.43. The molecule has 0 radical (unpaired) electrons. The van der Waals surface area contributed by atoms with Crippen molar-refractivity contribution in [1.82, 2.24) is 0 Å². The molecule has 0 spiro atoms. The molecule has 1 aliphatic heterocycles. The molecular weight excluding hydrogens is 256 g/mol. The van der Waals surface area contributed by atoms with Crippen LogP contribution in [0.5, 0.6) is 5.75 Å². The number of benzene rings is 1. The lowest BCUT2D eigenvalue weighted by atomic mass is 9.97. The van der Waals surface area contributed by atoms with Crippen LogP contribution in [0.3, 0.4) is 0 Å². The summed E-state index contributed by atoms with van der Waals surface area (Å²) in [5.74, 6) is 0.829. The molecule has 2 nitrogen and oxygen atoms in total. The largest absolute Gasteiger partial charge is 0.490 e. The average Bonchev–Trinajstić information content (AvgIpc) is 2.20. The Hall–Kier alpha value is -0.540. The van der Waals surface area contributed by atoms with Gasteiger partial charge >= 0.3 is 0 Å². The fourth-order valence-electron chi connectivity index (χ4n) is 1.99. The summed E-state index contributed by atoms with van der Waals surface area (Å²) in [6, 6.07) is 5.80. The highest BCUT2D eigenvalue weighted by Gasteiger charge is 2.26. The van der Waals surface area contributed by atoms with Gasteiger partial charge in [-0.3, -0.25) is 0 Å². The summed E-state index contributed by atoms with van der Waals surface area (Å²) in [4.78, 5) is 0. The highest BCUT2D eigenvalue weighted by atomic mass is 79.9. The summed E-state index contributed by atoms with van der Waals surface area (Å²) in [6.45, 7) is 2.13. The summed E-state index contributed by atoms with van der Waals surface area (Å²) in [5.41, 5.74) is 0.900. The minimum absolute atomic E-state index is 0.165. The maximum absolute atomic E-state index is 9.98. The lowest BCUT2D eigenvalue weighted by Crippen LogP contribution is -2.25. The Morgan fingerprint density at radius 1 is 1.53 bits per heavy atom. The van der Waals surface area contributed by atoms with Gasteiger partial charge in [-0.15, -0.1) is 0 Å². The number of rotatable bonds is 2. The molecule has 0 aliphatic carbocycles. The Balaban J connectivity index is 2.24. The average molecular weight is 271 g/mol. The van der Waals surface area contributed by atoms with Gasteiger partial charge in [-0.1, -0.05) is 29.3 Å². The zero-order valence-corrected chi connectivity index (χ0v) is 10.3. The molecule has 1 heterocycles. The molecule has 1 N–H and O–H groups in total. The number of ether oxygens (including phenoxy) is 1. The molecule has 15 heavy (non-hydrogen) atoms. The number of halogens is 1. The fraction of sp³-hybridized carbons (Fsp3) is 0.500. The van der Waals surface area contributed by atoms with Crippen molar-refractivity contribution >= 4 is 15.9 Å². The van der Waals surface area contributed by atoms with Gasteiger partial charge in [0.05, 0.1) is 6.10 Å². The van der Waals surface area contributed by atoms with Gasteiger partial charge in [-0.05, 0) is 24.6 Å². The van der Waals surface area contributed by atoms with E-state index in [-0.39, 0.29) is 12.2 Å². The number of hydrogen-bond donors (Lipinski definition) is 1. The summed E-state index contributed by atoms with van der Waals surface area (Å²) < 4.78 is 6.80. The minimum Gasteiger partial charge on any atom is -0.490 e. The molecule has 0 amide bonds. The van der Waals surface area contributed by atoms with Crippen molar-refractivity contribution in [3.05, 3.63) is 28.2 Å². The van der Waals surface area contributed by atoms with Gasteiger partial charge in [0.1, 0.15) is 11.9 Å². The van der Waals surface area contributed by atoms with E-state index >= 15 is 0 Å². The standard InChI is InChI=1S/C12H15BrO2/c1-2-3-9-7-11(14)10-6-8(13)4-5-12(10)15-9/h4-6,9,11,14H,2-3,7H2,1H3/t9?,11-/m1/s1. The summed E-state index contributed by atoms with van der Waals surface area (Å²) in [7, 11) is 0. The van der Waals surface area contributed by atoms with E-state index in [0.29, 0.717) is 6.42 Å². The molecule has 1 unspecified atom stereocenters. The molecule has 2 atom stereocenters. The first-order valence-corrected chi connectivity index (χ1v) is 6.14. The molecule has 1 aromatic carbocycles. The molecule has 1 aliphatic rings. The van der Waals surface area contributed by atoms with E-state index in [1.54, 1.807) is 0 Å². The van der Waals surface area contributed by atoms with Crippen LogP contribution in [0.25, 0.3) is 0 Å². The van der Waals surface area contributed by atoms with Crippen LogP contribution in [0.4, 0.5) is 0 Å². The first kappa shape index (κ1) is 11.0. The van der Waals surface area contributed by atoms with E-state index in [1.807, 2.05) is 18.2 Å². The normalized spacial score (nSPS) is 24.5.